The van der Waals surface area contributed by atoms with Gasteiger partial charge in [0.25, 0.3) is 5.56 Å². The minimum absolute atomic E-state index is 0.0997. The number of nitrogens with zero attached hydrogens (tertiary/aromatic N) is 4. The van der Waals surface area contributed by atoms with E-state index in [1.54, 1.807) is 37.3 Å². The highest BCUT2D eigenvalue weighted by Gasteiger charge is 2.66. The fraction of sp³-hybridized carbons (Fsp3) is 0.593. The summed E-state index contributed by atoms with van der Waals surface area (Å²) in [6.07, 6.45) is 2.78. The van der Waals surface area contributed by atoms with Crippen molar-refractivity contribution in [3.8, 4) is 5.75 Å². The lowest BCUT2D eigenvalue weighted by Gasteiger charge is -2.33. The first-order valence-corrected chi connectivity index (χ1v) is 17.4. The molecule has 0 bridgehead atoms. The second kappa shape index (κ2) is 14.1. The van der Waals surface area contributed by atoms with Crippen LogP contribution in [0.1, 0.15) is 45.3 Å². The van der Waals surface area contributed by atoms with E-state index in [4.69, 9.17) is 28.0 Å². The number of aromatic amines is 1. The van der Waals surface area contributed by atoms with Crippen LogP contribution in [0.4, 0.5) is 0 Å². The normalized spacial score (nSPS) is 26.9. The van der Waals surface area contributed by atoms with Crippen LogP contribution in [0.5, 0.6) is 5.75 Å². The monoisotopic (exact) mass is 666 g/mol. The van der Waals surface area contributed by atoms with Gasteiger partial charge in [0.1, 0.15) is 24.0 Å². The molecule has 244 valence electrons. The molecule has 0 radical (unpaired) electrons. The Balaban J connectivity index is 1.50. The summed E-state index contributed by atoms with van der Waals surface area (Å²) in [5, 5.41) is 6.63. The van der Waals surface area contributed by atoms with Gasteiger partial charge in [-0.25, -0.2) is 9.36 Å². The Kier molecular flexibility index (Phi) is 10.4. The second-order valence-electron chi connectivity index (χ2n) is 10.7. The van der Waals surface area contributed by atoms with Crippen LogP contribution in [0.2, 0.25) is 0 Å². The van der Waals surface area contributed by atoms with Crippen LogP contribution in [0.3, 0.4) is 0 Å². The van der Waals surface area contributed by atoms with Gasteiger partial charge in [0, 0.05) is 30.0 Å². The number of carbonyl (C=O) groups excluding carboxylic acids is 1. The molecule has 18 heteroatoms. The number of azide groups is 1. The molecule has 1 saturated carbocycles. The summed E-state index contributed by atoms with van der Waals surface area (Å²) in [7, 11) is -4.45. The fourth-order valence-corrected chi connectivity index (χ4v) is 7.64. The highest BCUT2D eigenvalue weighted by molar-refractivity contribution is 7.98. The van der Waals surface area contributed by atoms with E-state index in [2.05, 4.69) is 20.1 Å². The number of thioether (sulfide) groups is 1. The Hall–Kier alpha value is -3.14. The van der Waals surface area contributed by atoms with Crippen LogP contribution in [-0.4, -0.2) is 70.5 Å². The maximum absolute atomic E-state index is 14.4. The number of ether oxygens (including phenoxy) is 4. The van der Waals surface area contributed by atoms with Crippen molar-refractivity contribution in [3.05, 3.63) is 73.9 Å². The smallest absolute Gasteiger partial charge is 0.459 e. The number of carbonyl (C=O) groups is 1. The molecule has 1 spiro atoms. The number of hydrogen-bond donors (Lipinski definition) is 2. The number of hydrogen-bond acceptors (Lipinski definition) is 12. The summed E-state index contributed by atoms with van der Waals surface area (Å²) < 4.78 is 51.5. The van der Waals surface area contributed by atoms with Crippen LogP contribution in [0, 0.1) is 0 Å². The predicted octanol–water partition coefficient (Wildman–Crippen LogP) is 3.60. The molecule has 1 aromatic heterocycles. The van der Waals surface area contributed by atoms with Gasteiger partial charge >= 0.3 is 19.4 Å². The summed E-state index contributed by atoms with van der Waals surface area (Å²) in [5.41, 5.74) is 6.27. The third-order valence-corrected chi connectivity index (χ3v) is 9.84. The first-order chi connectivity index (χ1) is 21.7. The van der Waals surface area contributed by atoms with Crippen molar-refractivity contribution in [1.29, 1.82) is 0 Å². The van der Waals surface area contributed by atoms with Gasteiger partial charge in [-0.1, -0.05) is 23.3 Å². The Morgan fingerprint density at radius 1 is 1.24 bits per heavy atom. The Bertz CT molecular complexity index is 1560. The van der Waals surface area contributed by atoms with Gasteiger partial charge in [-0.15, -0.1) is 0 Å². The van der Waals surface area contributed by atoms with Gasteiger partial charge in [-0.05, 0) is 55.9 Å². The molecule has 2 saturated heterocycles. The number of nitrogens with one attached hydrogen (secondary N) is 2. The maximum atomic E-state index is 14.4. The van der Waals surface area contributed by atoms with E-state index >= 15 is 0 Å². The van der Waals surface area contributed by atoms with Crippen LogP contribution in [0.25, 0.3) is 10.4 Å². The zero-order valence-corrected chi connectivity index (χ0v) is 26.4. The van der Waals surface area contributed by atoms with Crippen molar-refractivity contribution < 1.29 is 37.4 Å². The molecule has 2 aromatic rings. The molecular formula is C27H35N6O10PS. The van der Waals surface area contributed by atoms with Gasteiger partial charge < -0.3 is 23.5 Å². The van der Waals surface area contributed by atoms with E-state index in [0.29, 0.717) is 18.6 Å². The fourth-order valence-electron chi connectivity index (χ4n) is 5.62. The van der Waals surface area contributed by atoms with Gasteiger partial charge in [0.2, 0.25) is 5.72 Å². The molecule has 5 rings (SSSR count). The van der Waals surface area contributed by atoms with Crippen molar-refractivity contribution in [1.82, 2.24) is 14.6 Å². The Morgan fingerprint density at radius 2 is 2.00 bits per heavy atom. The summed E-state index contributed by atoms with van der Waals surface area (Å²) >= 11 is 1.48. The van der Waals surface area contributed by atoms with Crippen LogP contribution < -0.4 is 20.9 Å². The SMILES string of the molecule is CCOC(=O)[C@H](CCSC)NP(=O)(OC[C@@]1(N=[N+]=[N-])O[C@@H](n2ccc(=O)[nH]c2=O)[C@@H]2OC3(CCCC3)O[C@@H]21)Oc1ccccc1. The van der Waals surface area contributed by atoms with Gasteiger partial charge in [0.05, 0.1) is 13.2 Å². The summed E-state index contributed by atoms with van der Waals surface area (Å²) in [5.74, 6) is -0.969. The minimum Gasteiger partial charge on any atom is -0.465 e. The van der Waals surface area contributed by atoms with Crippen molar-refractivity contribution in [2.75, 3.05) is 25.2 Å². The van der Waals surface area contributed by atoms with E-state index in [1.807, 2.05) is 6.26 Å². The van der Waals surface area contributed by atoms with E-state index in [-0.39, 0.29) is 18.8 Å². The average molecular weight is 667 g/mol. The molecule has 3 fully saturated rings. The van der Waals surface area contributed by atoms with Gasteiger partial charge in [-0.2, -0.15) is 16.8 Å². The maximum Gasteiger partial charge on any atom is 0.459 e. The first kappa shape index (κ1) is 33.2. The highest BCUT2D eigenvalue weighted by Crippen LogP contribution is 2.55. The number of esters is 1. The molecule has 1 aliphatic carbocycles. The number of fused-ring (bicyclic) bond motifs is 1. The second-order valence-corrected chi connectivity index (χ2v) is 13.4. The van der Waals surface area contributed by atoms with Gasteiger partial charge in [0.15, 0.2) is 12.0 Å². The summed E-state index contributed by atoms with van der Waals surface area (Å²) in [4.78, 5) is 42.6. The highest BCUT2D eigenvalue weighted by atomic mass is 32.2. The van der Waals surface area contributed by atoms with Crippen molar-refractivity contribution >= 4 is 25.5 Å². The molecule has 6 atom stereocenters. The van der Waals surface area contributed by atoms with Gasteiger partial charge in [-0.3, -0.25) is 23.7 Å². The molecule has 45 heavy (non-hydrogen) atoms. The van der Waals surface area contributed by atoms with E-state index in [0.717, 1.165) is 23.5 Å². The quantitative estimate of drug-likeness (QED) is 0.0976. The number of H-pyrrole nitrogens is 1. The zero-order valence-electron chi connectivity index (χ0n) is 24.7. The molecule has 0 amide bonds. The molecule has 2 N–H and O–H groups in total. The van der Waals surface area contributed by atoms with Crippen molar-refractivity contribution in [2.45, 2.75) is 75.0 Å². The zero-order chi connectivity index (χ0) is 32.1. The topological polar surface area (TPSA) is 205 Å². The first-order valence-electron chi connectivity index (χ1n) is 14.5. The molecule has 1 aromatic carbocycles. The third-order valence-electron chi connectivity index (χ3n) is 7.65. The average Bonchev–Trinajstić information content (AvgIpc) is 3.71. The summed E-state index contributed by atoms with van der Waals surface area (Å²) in [6, 6.07) is 8.26. The predicted molar refractivity (Wildman–Crippen MR) is 161 cm³/mol. The molecule has 3 aliphatic rings. The molecule has 2 aliphatic heterocycles. The lowest BCUT2D eigenvalue weighted by atomic mass is 10.1. The number of para-hydroxylation sites is 1. The third kappa shape index (κ3) is 7.31. The standard InChI is InChI=1S/C27H35N6O10PS/c1-3-38-24(35)19(12-16-45-2)30-44(37,43-18-9-5-4-6-10-18)39-17-27(31-32-28)22-21(40-26(41-22)13-7-8-14-26)23(42-27)33-15-11-20(34)29-25(33)36/h4-6,9-11,15,19,21-23H,3,7-8,12-14,16-17H2,1-2H3,(H,30,37)(H,29,34,36)/t19-,21+,22-,23+,27+,44?/m0/s1. The largest absolute Gasteiger partial charge is 0.465 e. The van der Waals surface area contributed by atoms with Crippen molar-refractivity contribution in [2.24, 2.45) is 5.11 Å². The minimum atomic E-state index is -4.45. The molecule has 1 unspecified atom stereocenters. The lowest BCUT2D eigenvalue weighted by Crippen LogP contribution is -2.46. The Labute approximate surface area is 262 Å². The summed E-state index contributed by atoms with van der Waals surface area (Å²) in [6.45, 7) is 1.06. The van der Waals surface area contributed by atoms with Crippen LogP contribution >= 0.6 is 19.5 Å². The Morgan fingerprint density at radius 3 is 2.67 bits per heavy atom. The van der Waals surface area contributed by atoms with Crippen molar-refractivity contribution in [3.63, 3.8) is 0 Å². The van der Waals surface area contributed by atoms with Crippen LogP contribution in [-0.2, 0) is 32.8 Å². The molecule has 16 nitrogen and oxygen atoms in total. The molecule has 3 heterocycles. The van der Waals surface area contributed by atoms with E-state index < -0.39 is 67.6 Å². The number of benzene rings is 1. The van der Waals surface area contributed by atoms with E-state index in [1.165, 1.54) is 18.0 Å². The van der Waals surface area contributed by atoms with Crippen LogP contribution in [0.15, 0.2) is 57.3 Å². The van der Waals surface area contributed by atoms with E-state index in [9.17, 15) is 24.5 Å². The number of aromatic nitrogens is 2. The lowest BCUT2D eigenvalue weighted by molar-refractivity contribution is -0.237. The molecular weight excluding hydrogens is 631 g/mol. The number of rotatable bonds is 14.